The molecule has 2 aliphatic heterocycles. The predicted molar refractivity (Wildman–Crippen MR) is 203 cm³/mol. The lowest BCUT2D eigenvalue weighted by Crippen LogP contribution is -2.56. The number of carbonyl (C=O) groups is 5. The number of piperidine rings is 1. The Bertz CT molecular complexity index is 1950. The molecule has 4 amide bonds. The van der Waals surface area contributed by atoms with E-state index in [0.717, 1.165) is 19.3 Å². The van der Waals surface area contributed by atoms with Crippen molar-refractivity contribution in [3.05, 3.63) is 102 Å². The van der Waals surface area contributed by atoms with Crippen LogP contribution in [0.4, 0.5) is 14.0 Å². The largest absolute Gasteiger partial charge is 0.445 e. The van der Waals surface area contributed by atoms with Crippen LogP contribution in [0.15, 0.2) is 83.3 Å². The molecule has 0 saturated carbocycles. The Morgan fingerprint density at radius 2 is 1.62 bits per heavy atom. The number of oxazole rings is 1. The van der Waals surface area contributed by atoms with Gasteiger partial charge in [-0.2, -0.15) is 0 Å². The summed E-state index contributed by atoms with van der Waals surface area (Å²) in [7, 11) is 0. The van der Waals surface area contributed by atoms with Crippen LogP contribution in [-0.4, -0.2) is 95.0 Å². The van der Waals surface area contributed by atoms with Gasteiger partial charge in [0.05, 0.1) is 12.6 Å². The number of hydrogen-bond acceptors (Lipinski definition) is 10. The van der Waals surface area contributed by atoms with E-state index < -0.39 is 59.8 Å². The Balaban J connectivity index is 1.25. The molecular formula is C41H47FN6O8. The lowest BCUT2D eigenvalue weighted by Gasteiger charge is -2.29. The van der Waals surface area contributed by atoms with E-state index in [9.17, 15) is 28.4 Å². The average molecular weight is 771 g/mol. The van der Waals surface area contributed by atoms with E-state index in [1.807, 2.05) is 6.07 Å². The first-order valence-corrected chi connectivity index (χ1v) is 19.1. The third-order valence-corrected chi connectivity index (χ3v) is 10.00. The number of nitrogens with two attached hydrogens (primary N) is 1. The number of Topliss-reactive ketones (excluding diaryl/α,β-unsaturated/α-hetero) is 1. The van der Waals surface area contributed by atoms with Gasteiger partial charge in [0.2, 0.25) is 17.6 Å². The van der Waals surface area contributed by atoms with Gasteiger partial charge in [0.25, 0.3) is 5.89 Å². The van der Waals surface area contributed by atoms with Crippen molar-refractivity contribution in [3.8, 4) is 0 Å². The van der Waals surface area contributed by atoms with Gasteiger partial charge >= 0.3 is 12.2 Å². The van der Waals surface area contributed by atoms with E-state index in [1.165, 1.54) is 23.1 Å². The number of amides is 4. The molecule has 0 radical (unpaired) electrons. The zero-order chi connectivity index (χ0) is 39.4. The molecule has 15 heteroatoms. The molecule has 0 unspecified atom stereocenters. The van der Waals surface area contributed by atoms with Gasteiger partial charge in [0, 0.05) is 25.9 Å². The first-order valence-electron chi connectivity index (χ1n) is 19.1. The van der Waals surface area contributed by atoms with Crippen LogP contribution in [0.5, 0.6) is 0 Å². The third-order valence-electron chi connectivity index (χ3n) is 10.00. The number of rotatable bonds is 15. The van der Waals surface area contributed by atoms with Crippen molar-refractivity contribution in [2.75, 3.05) is 26.2 Å². The molecular weight excluding hydrogens is 723 g/mol. The first-order chi connectivity index (χ1) is 27.2. The van der Waals surface area contributed by atoms with Gasteiger partial charge in [0.15, 0.2) is 5.58 Å². The summed E-state index contributed by atoms with van der Waals surface area (Å²) in [6.45, 7) is 1.15. The predicted octanol–water partition coefficient (Wildman–Crippen LogP) is 4.89. The lowest BCUT2D eigenvalue weighted by atomic mass is 10.0. The fraction of sp³-hybridized carbons (Fsp3) is 0.415. The summed E-state index contributed by atoms with van der Waals surface area (Å²) in [4.78, 5) is 76.2. The second-order valence-electron chi connectivity index (χ2n) is 14.0. The molecule has 6 rings (SSSR count). The van der Waals surface area contributed by atoms with Crippen molar-refractivity contribution >= 4 is 40.9 Å². The number of alkyl carbamates (subject to hydrolysis) is 1. The zero-order valence-corrected chi connectivity index (χ0v) is 31.1. The van der Waals surface area contributed by atoms with Crippen LogP contribution in [0.25, 0.3) is 11.1 Å². The van der Waals surface area contributed by atoms with Crippen molar-refractivity contribution in [1.29, 1.82) is 0 Å². The van der Waals surface area contributed by atoms with Gasteiger partial charge in [-0.3, -0.25) is 14.4 Å². The first kappa shape index (κ1) is 39.9. The molecule has 296 valence electrons. The summed E-state index contributed by atoms with van der Waals surface area (Å²) in [6, 6.07) is 18.0. The highest BCUT2D eigenvalue weighted by molar-refractivity contribution is 6.01. The summed E-state index contributed by atoms with van der Waals surface area (Å²) < 4.78 is 32.0. The monoisotopic (exact) mass is 770 g/mol. The number of benzene rings is 3. The van der Waals surface area contributed by atoms with E-state index in [4.69, 9.17) is 19.6 Å². The van der Waals surface area contributed by atoms with Gasteiger partial charge in [-0.1, -0.05) is 60.7 Å². The smallest absolute Gasteiger partial charge is 0.410 e. The normalized spacial score (nSPS) is 17.9. The van der Waals surface area contributed by atoms with Crippen LogP contribution >= 0.6 is 0 Å². The number of hydrogen-bond donors (Lipinski definition) is 3. The highest BCUT2D eigenvalue weighted by Gasteiger charge is 2.45. The van der Waals surface area contributed by atoms with E-state index in [0.29, 0.717) is 49.1 Å². The fourth-order valence-electron chi connectivity index (χ4n) is 7.02. The van der Waals surface area contributed by atoms with Crippen molar-refractivity contribution in [2.45, 2.75) is 82.2 Å². The molecule has 4 N–H and O–H groups in total. The summed E-state index contributed by atoms with van der Waals surface area (Å²) in [5.41, 5.74) is 7.47. The summed E-state index contributed by atoms with van der Waals surface area (Å²) >= 11 is 0. The third kappa shape index (κ3) is 10.3. The Kier molecular flexibility index (Phi) is 13.6. The number of nitrogens with one attached hydrogen (secondary N) is 2. The lowest BCUT2D eigenvalue weighted by molar-refractivity contribution is -0.140. The minimum absolute atomic E-state index is 0.0871. The minimum Gasteiger partial charge on any atom is -0.445 e. The number of ether oxygens (including phenoxy) is 2. The molecule has 14 nitrogen and oxygen atoms in total. The highest BCUT2D eigenvalue weighted by atomic mass is 19.1. The molecule has 0 bridgehead atoms. The van der Waals surface area contributed by atoms with E-state index in [2.05, 4.69) is 15.6 Å². The molecule has 2 fully saturated rings. The molecule has 0 aliphatic carbocycles. The van der Waals surface area contributed by atoms with Crippen molar-refractivity contribution in [2.24, 2.45) is 5.73 Å². The zero-order valence-electron chi connectivity index (χ0n) is 31.1. The highest BCUT2D eigenvalue weighted by Crippen LogP contribution is 2.26. The number of ketones is 1. The van der Waals surface area contributed by atoms with Crippen molar-refractivity contribution in [3.63, 3.8) is 0 Å². The fourth-order valence-corrected chi connectivity index (χ4v) is 7.02. The van der Waals surface area contributed by atoms with Crippen LogP contribution in [0.1, 0.15) is 66.8 Å². The van der Waals surface area contributed by atoms with E-state index in [1.54, 1.807) is 59.5 Å². The topological polar surface area (TPSA) is 186 Å². The minimum atomic E-state index is -1.39. The maximum atomic E-state index is 15.0. The van der Waals surface area contributed by atoms with Crippen LogP contribution in [0.2, 0.25) is 0 Å². The standard InChI is InChI=1S/C41H47FN6O8/c42-30-16-6-5-15-28(30)23-33(46-40(52)54-26-27-13-3-1-4-14-27)39(51)48-25-29(55-41(53)47-21-11-2-12-22-47)24-34(48)37(50)44-32(18-9-10-20-43)36(49)38-45-31-17-7-8-19-35(31)56-38/h1,3-8,13-17,19,29,32-34H,2,9-12,18,20-26,43H2,(H,44,50)(H,46,52)/t29-,32+,33-,34+/m1/s1. The van der Waals surface area contributed by atoms with Crippen molar-refractivity contribution in [1.82, 2.24) is 25.4 Å². The van der Waals surface area contributed by atoms with Gasteiger partial charge in [0.1, 0.15) is 36.1 Å². The number of nitrogens with zero attached hydrogens (tertiary/aromatic N) is 3. The number of aromatic nitrogens is 1. The van der Waals surface area contributed by atoms with Gasteiger partial charge in [-0.05, 0) is 74.4 Å². The van der Waals surface area contributed by atoms with Crippen LogP contribution in [0, 0.1) is 5.82 Å². The Morgan fingerprint density at radius 3 is 2.38 bits per heavy atom. The van der Waals surface area contributed by atoms with Gasteiger partial charge in [-0.15, -0.1) is 0 Å². The maximum Gasteiger partial charge on any atom is 0.410 e. The number of unbranched alkanes of at least 4 members (excludes halogenated alkanes) is 1. The number of para-hydroxylation sites is 2. The molecule has 2 saturated heterocycles. The summed E-state index contributed by atoms with van der Waals surface area (Å²) in [5, 5.41) is 5.39. The molecule has 0 spiro atoms. The number of likely N-dealkylation sites (tertiary alicyclic amines) is 2. The molecule has 3 heterocycles. The molecule has 1 aromatic heterocycles. The van der Waals surface area contributed by atoms with Crippen molar-refractivity contribution < 1.29 is 42.3 Å². The van der Waals surface area contributed by atoms with Gasteiger partial charge < -0.3 is 40.1 Å². The molecule has 4 aromatic rings. The van der Waals surface area contributed by atoms with Crippen LogP contribution < -0.4 is 16.4 Å². The van der Waals surface area contributed by atoms with Crippen LogP contribution in [0.3, 0.4) is 0 Å². The number of halogens is 1. The van der Waals surface area contributed by atoms with Crippen LogP contribution in [-0.2, 0) is 32.1 Å². The maximum absolute atomic E-state index is 15.0. The average Bonchev–Trinajstić information content (AvgIpc) is 3.85. The molecule has 3 aromatic carbocycles. The number of fused-ring (bicyclic) bond motifs is 1. The Morgan fingerprint density at radius 1 is 0.893 bits per heavy atom. The van der Waals surface area contributed by atoms with E-state index >= 15 is 0 Å². The van der Waals surface area contributed by atoms with E-state index in [-0.39, 0.29) is 43.9 Å². The second kappa shape index (κ2) is 19.2. The number of carbonyl (C=O) groups excluding carboxylic acids is 5. The quantitative estimate of drug-likeness (QED) is 0.111. The van der Waals surface area contributed by atoms with Gasteiger partial charge in [-0.25, -0.2) is 19.0 Å². The molecule has 4 atom stereocenters. The Hall–Kier alpha value is -5.83. The summed E-state index contributed by atoms with van der Waals surface area (Å²) in [6.07, 6.45) is 1.21. The molecule has 2 aliphatic rings. The summed E-state index contributed by atoms with van der Waals surface area (Å²) in [5.74, 6) is -2.75. The second-order valence-corrected chi connectivity index (χ2v) is 14.0. The molecule has 56 heavy (non-hydrogen) atoms. The Labute approximate surface area is 323 Å². The SMILES string of the molecule is NCCCC[C@H](NC(=O)[C@@H]1C[C@@H](OC(=O)N2CCCCC2)CN1C(=O)[C@@H](Cc1ccccc1F)NC(=O)OCc1ccccc1)C(=O)c1nc2ccccc2o1.